The molecule has 0 aromatic heterocycles. The molecular formula is C29H52O. The Bertz CT molecular complexity index is 583. The Morgan fingerprint density at radius 3 is 2.23 bits per heavy atom. The van der Waals surface area contributed by atoms with Crippen molar-refractivity contribution in [3.8, 4) is 0 Å². The van der Waals surface area contributed by atoms with Gasteiger partial charge in [0.25, 0.3) is 0 Å². The Kier molecular flexibility index (Phi) is 6.72. The number of hydrogen-bond acceptors (Lipinski definition) is 1. The smallest absolute Gasteiger partial charge is 0.0543 e. The summed E-state index contributed by atoms with van der Waals surface area (Å²) in [6.45, 7) is 15.2. The van der Waals surface area contributed by atoms with E-state index in [0.717, 1.165) is 60.2 Å². The first kappa shape index (κ1) is 23.1. The standard InChI is InChI=1S/C29H52O/c1-7-21(19(2)3)9-8-20(4)25-12-13-26-24-11-10-22-18-23(30)14-16-28(22,5)27(24)15-17-29(25,26)6/h19-27,30H,7-18H2,1-6H3/t20-,21-,22+,23+,24-,25-,26+,27-,28+,29-/m1/s1. The number of hydrogen-bond donors (Lipinski definition) is 1. The average molecular weight is 417 g/mol. The van der Waals surface area contributed by atoms with E-state index in [1.165, 1.54) is 64.2 Å². The molecule has 0 amide bonds. The molecule has 10 atom stereocenters. The van der Waals surface area contributed by atoms with Crippen molar-refractivity contribution < 1.29 is 5.11 Å². The van der Waals surface area contributed by atoms with Gasteiger partial charge in [-0.15, -0.1) is 0 Å². The second kappa shape index (κ2) is 8.72. The normalized spacial score (nSPS) is 48.0. The molecule has 0 aromatic carbocycles. The molecule has 4 aliphatic rings. The molecule has 0 bridgehead atoms. The van der Waals surface area contributed by atoms with Gasteiger partial charge in [-0.3, -0.25) is 0 Å². The maximum absolute atomic E-state index is 10.3. The minimum absolute atomic E-state index is 0.0111. The van der Waals surface area contributed by atoms with Gasteiger partial charge in [-0.2, -0.15) is 0 Å². The van der Waals surface area contributed by atoms with Gasteiger partial charge in [-0.05, 0) is 122 Å². The van der Waals surface area contributed by atoms with Gasteiger partial charge in [-0.25, -0.2) is 0 Å². The number of rotatable bonds is 6. The Balaban J connectivity index is 1.45. The van der Waals surface area contributed by atoms with E-state index < -0.39 is 0 Å². The lowest BCUT2D eigenvalue weighted by Gasteiger charge is -2.61. The molecule has 1 nitrogen and oxygen atoms in total. The number of aliphatic hydroxyl groups is 1. The maximum Gasteiger partial charge on any atom is 0.0543 e. The van der Waals surface area contributed by atoms with E-state index in [-0.39, 0.29) is 6.10 Å². The summed E-state index contributed by atoms with van der Waals surface area (Å²) in [5.74, 6) is 7.34. The van der Waals surface area contributed by atoms with Gasteiger partial charge in [-0.1, -0.05) is 54.4 Å². The molecule has 0 radical (unpaired) electrons. The van der Waals surface area contributed by atoms with Gasteiger partial charge >= 0.3 is 0 Å². The lowest BCUT2D eigenvalue weighted by atomic mass is 9.44. The first-order valence-electron chi connectivity index (χ1n) is 13.9. The highest BCUT2D eigenvalue weighted by Gasteiger charge is 2.60. The second-order valence-corrected chi connectivity index (χ2v) is 13.3. The van der Waals surface area contributed by atoms with Gasteiger partial charge in [0.2, 0.25) is 0 Å². The Morgan fingerprint density at radius 1 is 0.833 bits per heavy atom. The Hall–Kier alpha value is -0.0400. The predicted octanol–water partition coefficient (Wildman–Crippen LogP) is 8.10. The fraction of sp³-hybridized carbons (Fsp3) is 1.00. The van der Waals surface area contributed by atoms with Crippen LogP contribution in [0.25, 0.3) is 0 Å². The van der Waals surface area contributed by atoms with Gasteiger partial charge in [0.15, 0.2) is 0 Å². The van der Waals surface area contributed by atoms with Crippen molar-refractivity contribution in [3.05, 3.63) is 0 Å². The topological polar surface area (TPSA) is 20.2 Å². The molecule has 0 saturated heterocycles. The number of aliphatic hydroxyl groups excluding tert-OH is 1. The van der Waals surface area contributed by atoms with Crippen LogP contribution in [0.15, 0.2) is 0 Å². The van der Waals surface area contributed by atoms with Crippen LogP contribution in [0.2, 0.25) is 0 Å². The van der Waals surface area contributed by atoms with Crippen molar-refractivity contribution in [3.63, 3.8) is 0 Å². The third kappa shape index (κ3) is 3.82. The summed E-state index contributed by atoms with van der Waals surface area (Å²) < 4.78 is 0. The van der Waals surface area contributed by atoms with E-state index in [1.807, 2.05) is 0 Å². The zero-order valence-electron chi connectivity index (χ0n) is 21.1. The van der Waals surface area contributed by atoms with Crippen molar-refractivity contribution in [2.24, 2.45) is 58.2 Å². The van der Waals surface area contributed by atoms with E-state index in [1.54, 1.807) is 0 Å². The third-order valence-electron chi connectivity index (χ3n) is 11.9. The van der Waals surface area contributed by atoms with E-state index in [2.05, 4.69) is 41.5 Å². The summed E-state index contributed by atoms with van der Waals surface area (Å²) in [4.78, 5) is 0. The fourth-order valence-electron chi connectivity index (χ4n) is 9.90. The van der Waals surface area contributed by atoms with Crippen molar-refractivity contribution in [1.29, 1.82) is 0 Å². The quantitative estimate of drug-likeness (QED) is 0.463. The van der Waals surface area contributed by atoms with E-state index in [4.69, 9.17) is 0 Å². The summed E-state index contributed by atoms with van der Waals surface area (Å²) in [5.41, 5.74) is 1.14. The summed E-state index contributed by atoms with van der Waals surface area (Å²) in [5, 5.41) is 10.3. The lowest BCUT2D eigenvalue weighted by Crippen LogP contribution is -2.54. The Labute approximate surface area is 188 Å². The summed E-state index contributed by atoms with van der Waals surface area (Å²) >= 11 is 0. The predicted molar refractivity (Wildman–Crippen MR) is 128 cm³/mol. The molecule has 1 N–H and O–H groups in total. The van der Waals surface area contributed by atoms with Crippen LogP contribution in [-0.2, 0) is 0 Å². The van der Waals surface area contributed by atoms with Crippen molar-refractivity contribution in [1.82, 2.24) is 0 Å². The fourth-order valence-corrected chi connectivity index (χ4v) is 9.90. The molecule has 0 aliphatic heterocycles. The molecule has 0 heterocycles. The van der Waals surface area contributed by atoms with Crippen LogP contribution in [0.5, 0.6) is 0 Å². The van der Waals surface area contributed by atoms with Crippen LogP contribution in [0.3, 0.4) is 0 Å². The highest BCUT2D eigenvalue weighted by Crippen LogP contribution is 2.68. The average Bonchev–Trinajstić information content (AvgIpc) is 3.06. The molecule has 4 fully saturated rings. The monoisotopic (exact) mass is 416 g/mol. The van der Waals surface area contributed by atoms with E-state index >= 15 is 0 Å². The lowest BCUT2D eigenvalue weighted by molar-refractivity contribution is -0.129. The molecule has 174 valence electrons. The van der Waals surface area contributed by atoms with Crippen LogP contribution in [0.1, 0.15) is 119 Å². The van der Waals surface area contributed by atoms with E-state index in [0.29, 0.717) is 10.8 Å². The molecule has 4 aliphatic carbocycles. The third-order valence-corrected chi connectivity index (χ3v) is 11.9. The molecule has 30 heavy (non-hydrogen) atoms. The minimum atomic E-state index is -0.0111. The number of fused-ring (bicyclic) bond motifs is 5. The SMILES string of the molecule is CC[C@H](CC[C@@H](C)[C@H]1CC[C@H]2[C@H]3CC[C@H]4C[C@@H](O)CC[C@]4(C)[C@@H]3CC[C@]12C)C(C)C. The van der Waals surface area contributed by atoms with Gasteiger partial charge in [0.05, 0.1) is 6.10 Å². The summed E-state index contributed by atoms with van der Waals surface area (Å²) in [6, 6.07) is 0. The minimum Gasteiger partial charge on any atom is -0.393 e. The van der Waals surface area contributed by atoms with Crippen LogP contribution in [0, 0.1) is 58.2 Å². The van der Waals surface area contributed by atoms with Crippen molar-refractivity contribution in [2.75, 3.05) is 0 Å². The first-order valence-corrected chi connectivity index (χ1v) is 13.9. The van der Waals surface area contributed by atoms with Crippen LogP contribution in [0.4, 0.5) is 0 Å². The molecule has 4 saturated carbocycles. The summed E-state index contributed by atoms with van der Waals surface area (Å²) in [7, 11) is 0. The van der Waals surface area contributed by atoms with Gasteiger partial charge in [0, 0.05) is 0 Å². The zero-order valence-corrected chi connectivity index (χ0v) is 21.1. The molecule has 0 aromatic rings. The van der Waals surface area contributed by atoms with Crippen LogP contribution < -0.4 is 0 Å². The van der Waals surface area contributed by atoms with Gasteiger partial charge < -0.3 is 5.11 Å². The van der Waals surface area contributed by atoms with Crippen LogP contribution in [-0.4, -0.2) is 11.2 Å². The maximum atomic E-state index is 10.3. The summed E-state index contributed by atoms with van der Waals surface area (Å²) in [6.07, 6.45) is 16.5. The molecule has 0 spiro atoms. The zero-order chi connectivity index (χ0) is 21.7. The molecule has 1 heteroatoms. The van der Waals surface area contributed by atoms with E-state index in [9.17, 15) is 5.11 Å². The first-order chi connectivity index (χ1) is 14.2. The largest absolute Gasteiger partial charge is 0.393 e. The highest BCUT2D eigenvalue weighted by molar-refractivity contribution is 5.09. The molecular weight excluding hydrogens is 364 g/mol. The molecule has 4 rings (SSSR count). The molecule has 0 unspecified atom stereocenters. The van der Waals surface area contributed by atoms with Crippen molar-refractivity contribution in [2.45, 2.75) is 125 Å². The Morgan fingerprint density at radius 2 is 1.53 bits per heavy atom. The van der Waals surface area contributed by atoms with Crippen molar-refractivity contribution >= 4 is 0 Å². The van der Waals surface area contributed by atoms with Crippen LogP contribution >= 0.6 is 0 Å². The second-order valence-electron chi connectivity index (χ2n) is 13.3. The van der Waals surface area contributed by atoms with Gasteiger partial charge in [0.1, 0.15) is 0 Å². The highest BCUT2D eigenvalue weighted by atomic mass is 16.3.